The summed E-state index contributed by atoms with van der Waals surface area (Å²) >= 11 is 10.8. The zero-order chi connectivity index (χ0) is 10.3. The van der Waals surface area contributed by atoms with Gasteiger partial charge in [0.15, 0.2) is 4.84 Å². The zero-order valence-corrected chi connectivity index (χ0v) is 9.66. The second kappa shape index (κ2) is 7.45. The first-order chi connectivity index (χ1) is 6.07. The molecule has 0 heterocycles. The van der Waals surface area contributed by atoms with E-state index >= 15 is 0 Å². The molecule has 1 atom stereocenters. The Labute approximate surface area is 90.0 Å². The van der Waals surface area contributed by atoms with Crippen LogP contribution in [0.2, 0.25) is 0 Å². The van der Waals surface area contributed by atoms with Gasteiger partial charge in [0.25, 0.3) is 5.91 Å². The van der Waals surface area contributed by atoms with Crippen molar-refractivity contribution in [2.75, 3.05) is 0 Å². The SMILES string of the molecule is CCCCC[C@@H](C)NC(=O)C(Cl)Cl. The van der Waals surface area contributed by atoms with Crippen LogP contribution in [0.5, 0.6) is 0 Å². The van der Waals surface area contributed by atoms with Crippen LogP contribution in [0.15, 0.2) is 0 Å². The van der Waals surface area contributed by atoms with Crippen LogP contribution >= 0.6 is 23.2 Å². The Kier molecular flexibility index (Phi) is 7.48. The highest BCUT2D eigenvalue weighted by molar-refractivity contribution is 6.53. The van der Waals surface area contributed by atoms with Gasteiger partial charge in [0.1, 0.15) is 0 Å². The third kappa shape index (κ3) is 7.15. The van der Waals surface area contributed by atoms with Crippen molar-refractivity contribution < 1.29 is 4.79 Å². The maximum absolute atomic E-state index is 11.0. The molecule has 0 aromatic heterocycles. The van der Waals surface area contributed by atoms with Crippen LogP contribution in [0.1, 0.15) is 39.5 Å². The number of unbranched alkanes of at least 4 members (excludes halogenated alkanes) is 2. The second-order valence-electron chi connectivity index (χ2n) is 3.21. The maximum Gasteiger partial charge on any atom is 0.253 e. The highest BCUT2D eigenvalue weighted by Crippen LogP contribution is 2.05. The number of carbonyl (C=O) groups is 1. The topological polar surface area (TPSA) is 29.1 Å². The Morgan fingerprint density at radius 2 is 2.00 bits per heavy atom. The molecule has 0 unspecified atom stereocenters. The lowest BCUT2D eigenvalue weighted by Crippen LogP contribution is -2.35. The molecular formula is C9H17Cl2NO. The molecule has 0 saturated heterocycles. The standard InChI is InChI=1S/C9H17Cl2NO/c1-3-4-5-6-7(2)12-9(13)8(10)11/h7-8H,3-6H2,1-2H3,(H,12,13)/t7-/m1/s1. The summed E-state index contributed by atoms with van der Waals surface area (Å²) in [6, 6.07) is 0.166. The van der Waals surface area contributed by atoms with Gasteiger partial charge in [-0.05, 0) is 13.3 Å². The van der Waals surface area contributed by atoms with Crippen molar-refractivity contribution in [1.82, 2.24) is 5.32 Å². The fraction of sp³-hybridized carbons (Fsp3) is 0.889. The van der Waals surface area contributed by atoms with E-state index in [1.807, 2.05) is 6.92 Å². The average Bonchev–Trinajstić information content (AvgIpc) is 2.04. The Hall–Kier alpha value is 0.0500. The smallest absolute Gasteiger partial charge is 0.253 e. The van der Waals surface area contributed by atoms with E-state index in [1.165, 1.54) is 12.8 Å². The first-order valence-electron chi connectivity index (χ1n) is 4.66. The quantitative estimate of drug-likeness (QED) is 0.547. The molecule has 0 rings (SSSR count). The van der Waals surface area contributed by atoms with Gasteiger partial charge in [-0.15, -0.1) is 0 Å². The second-order valence-corrected chi connectivity index (χ2v) is 4.30. The predicted molar refractivity (Wildman–Crippen MR) is 57.2 cm³/mol. The van der Waals surface area contributed by atoms with E-state index in [9.17, 15) is 4.79 Å². The molecule has 78 valence electrons. The van der Waals surface area contributed by atoms with Crippen LogP contribution in [0.25, 0.3) is 0 Å². The minimum atomic E-state index is -0.950. The van der Waals surface area contributed by atoms with E-state index in [-0.39, 0.29) is 11.9 Å². The normalized spacial score (nSPS) is 13.0. The molecule has 0 spiro atoms. The summed E-state index contributed by atoms with van der Waals surface area (Å²) in [5.41, 5.74) is 0. The lowest BCUT2D eigenvalue weighted by atomic mass is 10.1. The molecule has 1 N–H and O–H groups in total. The fourth-order valence-electron chi connectivity index (χ4n) is 1.08. The van der Waals surface area contributed by atoms with Gasteiger partial charge in [-0.25, -0.2) is 0 Å². The highest BCUT2D eigenvalue weighted by Gasteiger charge is 2.13. The Morgan fingerprint density at radius 3 is 2.46 bits per heavy atom. The Morgan fingerprint density at radius 1 is 1.38 bits per heavy atom. The van der Waals surface area contributed by atoms with E-state index < -0.39 is 4.84 Å². The number of amides is 1. The summed E-state index contributed by atoms with van der Waals surface area (Å²) in [7, 11) is 0. The zero-order valence-electron chi connectivity index (χ0n) is 8.15. The van der Waals surface area contributed by atoms with E-state index in [1.54, 1.807) is 0 Å². The lowest BCUT2D eigenvalue weighted by Gasteiger charge is -2.13. The molecule has 0 aliphatic carbocycles. The van der Waals surface area contributed by atoms with E-state index in [0.29, 0.717) is 0 Å². The Balaban J connectivity index is 3.50. The molecule has 1 amide bonds. The molecule has 4 heteroatoms. The van der Waals surface area contributed by atoms with Gasteiger partial charge in [-0.3, -0.25) is 4.79 Å². The van der Waals surface area contributed by atoms with Gasteiger partial charge in [0.2, 0.25) is 0 Å². The third-order valence-corrected chi connectivity index (χ3v) is 2.22. The van der Waals surface area contributed by atoms with Crippen LogP contribution in [0.4, 0.5) is 0 Å². The number of halogens is 2. The minimum absolute atomic E-state index is 0.166. The molecule has 0 fully saturated rings. The van der Waals surface area contributed by atoms with Crippen molar-refractivity contribution in [1.29, 1.82) is 0 Å². The van der Waals surface area contributed by atoms with Crippen molar-refractivity contribution in [3.05, 3.63) is 0 Å². The highest BCUT2D eigenvalue weighted by atomic mass is 35.5. The molecule has 2 nitrogen and oxygen atoms in total. The third-order valence-electron chi connectivity index (χ3n) is 1.83. The monoisotopic (exact) mass is 225 g/mol. The number of carbonyl (C=O) groups excluding carboxylic acids is 1. The van der Waals surface area contributed by atoms with Gasteiger partial charge in [0.05, 0.1) is 0 Å². The summed E-state index contributed by atoms with van der Waals surface area (Å²) in [5.74, 6) is -0.299. The molecule has 0 bridgehead atoms. The number of hydrogen-bond donors (Lipinski definition) is 1. The van der Waals surface area contributed by atoms with Gasteiger partial charge < -0.3 is 5.32 Å². The van der Waals surface area contributed by atoms with Crippen molar-refractivity contribution in [3.63, 3.8) is 0 Å². The molecule has 13 heavy (non-hydrogen) atoms. The predicted octanol–water partition coefficient (Wildman–Crippen LogP) is 2.88. The molecule has 0 radical (unpaired) electrons. The van der Waals surface area contributed by atoms with Gasteiger partial charge in [-0.2, -0.15) is 0 Å². The van der Waals surface area contributed by atoms with Crippen molar-refractivity contribution in [3.8, 4) is 0 Å². The van der Waals surface area contributed by atoms with Crippen LogP contribution < -0.4 is 5.32 Å². The average molecular weight is 226 g/mol. The summed E-state index contributed by atoms with van der Waals surface area (Å²) in [4.78, 5) is 10.1. The summed E-state index contributed by atoms with van der Waals surface area (Å²) in [5, 5.41) is 2.74. The van der Waals surface area contributed by atoms with Crippen molar-refractivity contribution >= 4 is 29.1 Å². The summed E-state index contributed by atoms with van der Waals surface area (Å²) < 4.78 is 0. The number of rotatable bonds is 6. The first-order valence-corrected chi connectivity index (χ1v) is 5.53. The molecule has 0 aliphatic rings. The van der Waals surface area contributed by atoms with Crippen LogP contribution in [0.3, 0.4) is 0 Å². The van der Waals surface area contributed by atoms with E-state index in [4.69, 9.17) is 23.2 Å². The van der Waals surface area contributed by atoms with E-state index in [0.717, 1.165) is 12.8 Å². The molecular weight excluding hydrogens is 209 g/mol. The maximum atomic E-state index is 11.0. The fourth-order valence-corrected chi connectivity index (χ4v) is 1.20. The van der Waals surface area contributed by atoms with Crippen LogP contribution in [0, 0.1) is 0 Å². The molecule has 0 aliphatic heterocycles. The van der Waals surface area contributed by atoms with Crippen molar-refractivity contribution in [2.45, 2.75) is 50.4 Å². The molecule has 0 aromatic carbocycles. The minimum Gasteiger partial charge on any atom is -0.351 e. The number of alkyl halides is 2. The first kappa shape index (κ1) is 13.1. The Bertz CT molecular complexity index is 151. The van der Waals surface area contributed by atoms with Crippen LogP contribution in [-0.4, -0.2) is 16.8 Å². The van der Waals surface area contributed by atoms with E-state index in [2.05, 4.69) is 12.2 Å². The van der Waals surface area contributed by atoms with Gasteiger partial charge >= 0.3 is 0 Å². The number of hydrogen-bond acceptors (Lipinski definition) is 1. The largest absolute Gasteiger partial charge is 0.351 e. The van der Waals surface area contributed by atoms with Gasteiger partial charge in [0, 0.05) is 6.04 Å². The number of nitrogens with one attached hydrogen (secondary N) is 1. The van der Waals surface area contributed by atoms with Crippen molar-refractivity contribution in [2.24, 2.45) is 0 Å². The lowest BCUT2D eigenvalue weighted by molar-refractivity contribution is -0.120. The molecule has 0 aromatic rings. The van der Waals surface area contributed by atoms with Gasteiger partial charge in [-0.1, -0.05) is 49.4 Å². The molecule has 0 saturated carbocycles. The summed E-state index contributed by atoms with van der Waals surface area (Å²) in [6.07, 6.45) is 4.51. The summed E-state index contributed by atoms with van der Waals surface area (Å²) in [6.45, 7) is 4.11. The van der Waals surface area contributed by atoms with Crippen LogP contribution in [-0.2, 0) is 4.79 Å².